The van der Waals surface area contributed by atoms with Crippen LogP contribution in [0.3, 0.4) is 0 Å². The van der Waals surface area contributed by atoms with Crippen LogP contribution in [0, 0.1) is 0 Å². The lowest BCUT2D eigenvalue weighted by Gasteiger charge is -2.13. The summed E-state index contributed by atoms with van der Waals surface area (Å²) < 4.78 is 38.4. The van der Waals surface area contributed by atoms with Crippen molar-refractivity contribution in [2.24, 2.45) is 0 Å². The quantitative estimate of drug-likeness (QED) is 0.502. The van der Waals surface area contributed by atoms with E-state index in [4.69, 9.17) is 0 Å². The molecule has 84 valence electrons. The van der Waals surface area contributed by atoms with Gasteiger partial charge in [0.2, 0.25) is 0 Å². The first-order valence-corrected chi connectivity index (χ1v) is 6.50. The van der Waals surface area contributed by atoms with Gasteiger partial charge in [-0.05, 0) is 12.8 Å². The molecule has 0 radical (unpaired) electrons. The minimum absolute atomic E-state index is 0.187. The molecule has 1 aliphatic rings. The summed E-state index contributed by atoms with van der Waals surface area (Å²) in [4.78, 5) is 1.98. The number of hydrogen-bond acceptors (Lipinski definition) is 4. The average molecular weight is 225 g/mol. The minimum Gasteiger partial charge on any atom is -0.300 e. The summed E-state index contributed by atoms with van der Waals surface area (Å²) in [5, 5.41) is 0. The van der Waals surface area contributed by atoms with Gasteiger partial charge in [0, 0.05) is 19.6 Å². The molecule has 0 saturated carbocycles. The van der Waals surface area contributed by atoms with E-state index in [2.05, 4.69) is 4.18 Å². The highest BCUT2D eigenvalue weighted by Gasteiger charge is 2.20. The van der Waals surface area contributed by atoms with Crippen LogP contribution in [0.4, 0.5) is 4.39 Å². The third-order valence-corrected chi connectivity index (χ3v) is 2.73. The van der Waals surface area contributed by atoms with Gasteiger partial charge in [-0.1, -0.05) is 0 Å². The molecule has 0 N–H and O–H groups in total. The van der Waals surface area contributed by atoms with E-state index in [9.17, 15) is 12.8 Å². The fourth-order valence-corrected chi connectivity index (χ4v) is 1.91. The molecular weight excluding hydrogens is 209 g/mol. The molecule has 1 rings (SSSR count). The van der Waals surface area contributed by atoms with Crippen molar-refractivity contribution in [3.05, 3.63) is 0 Å². The van der Waals surface area contributed by atoms with Gasteiger partial charge in [-0.3, -0.25) is 4.18 Å². The summed E-state index contributed by atoms with van der Waals surface area (Å²) in [6, 6.07) is 0. The number of likely N-dealkylation sites (tertiary alicyclic amines) is 1. The largest absolute Gasteiger partial charge is 0.300 e. The Hall–Kier alpha value is -0.200. The van der Waals surface area contributed by atoms with Gasteiger partial charge in [-0.2, -0.15) is 8.42 Å². The lowest BCUT2D eigenvalue weighted by Crippen LogP contribution is -2.23. The van der Waals surface area contributed by atoms with Crippen molar-refractivity contribution in [2.75, 3.05) is 32.5 Å². The van der Waals surface area contributed by atoms with Crippen LogP contribution in [-0.4, -0.2) is 52.0 Å². The van der Waals surface area contributed by atoms with E-state index in [1.54, 1.807) is 0 Å². The van der Waals surface area contributed by atoms with E-state index in [1.807, 2.05) is 4.90 Å². The molecule has 1 fully saturated rings. The zero-order chi connectivity index (χ0) is 10.6. The molecule has 0 aromatic carbocycles. The Morgan fingerprint density at radius 1 is 1.57 bits per heavy atom. The third-order valence-electron chi connectivity index (χ3n) is 2.13. The summed E-state index contributed by atoms with van der Waals surface area (Å²) in [5.74, 6) is 0. The number of alkyl halides is 1. The molecule has 14 heavy (non-hydrogen) atoms. The molecular formula is C8H16FNO3S. The molecule has 4 nitrogen and oxygen atoms in total. The van der Waals surface area contributed by atoms with Gasteiger partial charge in [0.1, 0.15) is 6.17 Å². The number of hydrogen-bond donors (Lipinski definition) is 0. The summed E-state index contributed by atoms with van der Waals surface area (Å²) >= 11 is 0. The Kier molecular flexibility index (Phi) is 4.28. The molecule has 0 aliphatic carbocycles. The van der Waals surface area contributed by atoms with Crippen molar-refractivity contribution in [3.63, 3.8) is 0 Å². The van der Waals surface area contributed by atoms with Gasteiger partial charge in [0.25, 0.3) is 10.1 Å². The monoisotopic (exact) mass is 225 g/mol. The predicted molar refractivity (Wildman–Crippen MR) is 51.4 cm³/mol. The second kappa shape index (κ2) is 5.04. The number of halogens is 1. The first kappa shape index (κ1) is 11.9. The lowest BCUT2D eigenvalue weighted by molar-refractivity contribution is 0.251. The topological polar surface area (TPSA) is 46.6 Å². The van der Waals surface area contributed by atoms with Crippen molar-refractivity contribution >= 4 is 10.1 Å². The number of nitrogens with zero attached hydrogens (tertiary/aromatic N) is 1. The molecule has 0 spiro atoms. The second-order valence-corrected chi connectivity index (χ2v) is 5.21. The number of rotatable bonds is 5. The van der Waals surface area contributed by atoms with Gasteiger partial charge in [-0.15, -0.1) is 0 Å². The molecule has 0 amide bonds. The molecule has 0 aromatic heterocycles. The van der Waals surface area contributed by atoms with E-state index in [1.165, 1.54) is 0 Å². The smallest absolute Gasteiger partial charge is 0.264 e. The molecule has 1 atom stereocenters. The van der Waals surface area contributed by atoms with Crippen LogP contribution in [0.5, 0.6) is 0 Å². The second-order valence-electron chi connectivity index (χ2n) is 3.57. The summed E-state index contributed by atoms with van der Waals surface area (Å²) in [6.45, 7) is 2.13. The van der Waals surface area contributed by atoms with Crippen LogP contribution in [0.25, 0.3) is 0 Å². The van der Waals surface area contributed by atoms with Crippen molar-refractivity contribution < 1.29 is 17.0 Å². The molecule has 0 aromatic rings. The summed E-state index contributed by atoms with van der Waals surface area (Å²) in [5.41, 5.74) is 0. The van der Waals surface area contributed by atoms with Crippen molar-refractivity contribution in [1.29, 1.82) is 0 Å². The van der Waals surface area contributed by atoms with E-state index in [0.29, 0.717) is 25.9 Å². The highest BCUT2D eigenvalue weighted by atomic mass is 32.2. The van der Waals surface area contributed by atoms with E-state index >= 15 is 0 Å². The zero-order valence-corrected chi connectivity index (χ0v) is 9.09. The zero-order valence-electron chi connectivity index (χ0n) is 8.28. The fraction of sp³-hybridized carbons (Fsp3) is 1.00. The molecule has 1 heterocycles. The maximum atomic E-state index is 12.7. The standard InChI is InChI=1S/C8H16FNO3S/c1-14(11,12)13-6-2-4-10-5-3-8(9)7-10/h8H,2-7H2,1H3. The maximum absolute atomic E-state index is 12.7. The molecule has 1 aliphatic heterocycles. The van der Waals surface area contributed by atoms with E-state index < -0.39 is 16.3 Å². The van der Waals surface area contributed by atoms with Crippen LogP contribution >= 0.6 is 0 Å². The Labute approximate surface area is 84.2 Å². The normalized spacial score (nSPS) is 24.3. The summed E-state index contributed by atoms with van der Waals surface area (Å²) in [7, 11) is -3.32. The van der Waals surface area contributed by atoms with Crippen LogP contribution < -0.4 is 0 Å². The fourth-order valence-electron chi connectivity index (χ4n) is 1.49. The van der Waals surface area contributed by atoms with Gasteiger partial charge >= 0.3 is 0 Å². The van der Waals surface area contributed by atoms with Gasteiger partial charge in [0.05, 0.1) is 12.9 Å². The molecule has 1 unspecified atom stereocenters. The lowest BCUT2D eigenvalue weighted by atomic mass is 10.3. The van der Waals surface area contributed by atoms with Crippen molar-refractivity contribution in [1.82, 2.24) is 4.90 Å². The minimum atomic E-state index is -3.32. The highest BCUT2D eigenvalue weighted by molar-refractivity contribution is 7.85. The molecule has 1 saturated heterocycles. The van der Waals surface area contributed by atoms with Crippen molar-refractivity contribution in [2.45, 2.75) is 19.0 Å². The Morgan fingerprint density at radius 3 is 2.79 bits per heavy atom. The molecule has 0 bridgehead atoms. The first-order valence-electron chi connectivity index (χ1n) is 4.68. The van der Waals surface area contributed by atoms with Gasteiger partial charge in [-0.25, -0.2) is 4.39 Å². The predicted octanol–water partition coefficient (Wildman–Crippen LogP) is 0.397. The maximum Gasteiger partial charge on any atom is 0.264 e. The van der Waals surface area contributed by atoms with Gasteiger partial charge < -0.3 is 4.90 Å². The van der Waals surface area contributed by atoms with Crippen LogP contribution in [-0.2, 0) is 14.3 Å². The summed E-state index contributed by atoms with van der Waals surface area (Å²) in [6.07, 6.45) is 1.53. The van der Waals surface area contributed by atoms with Crippen LogP contribution in [0.1, 0.15) is 12.8 Å². The Bertz CT molecular complexity index is 268. The Balaban J connectivity index is 2.05. The SMILES string of the molecule is CS(=O)(=O)OCCCN1CCC(F)C1. The van der Waals surface area contributed by atoms with Crippen LogP contribution in [0.15, 0.2) is 0 Å². The molecule has 6 heteroatoms. The average Bonchev–Trinajstić information content (AvgIpc) is 2.44. The van der Waals surface area contributed by atoms with Crippen LogP contribution in [0.2, 0.25) is 0 Å². The third kappa shape index (κ3) is 4.88. The van der Waals surface area contributed by atoms with E-state index in [-0.39, 0.29) is 6.61 Å². The highest BCUT2D eigenvalue weighted by Crippen LogP contribution is 2.12. The van der Waals surface area contributed by atoms with Gasteiger partial charge in [0.15, 0.2) is 0 Å². The first-order chi connectivity index (χ1) is 6.47. The Morgan fingerprint density at radius 2 is 2.29 bits per heavy atom. The van der Waals surface area contributed by atoms with Crippen molar-refractivity contribution in [3.8, 4) is 0 Å². The van der Waals surface area contributed by atoms with E-state index in [0.717, 1.165) is 12.8 Å².